The zero-order valence-corrected chi connectivity index (χ0v) is 26.5. The number of benzene rings is 3. The number of carbonyl (C=O) groups is 4. The summed E-state index contributed by atoms with van der Waals surface area (Å²) in [5.74, 6) is -4.56. The van der Waals surface area contributed by atoms with Crippen molar-refractivity contribution in [2.24, 2.45) is 27.9 Å². The van der Waals surface area contributed by atoms with Gasteiger partial charge in [0, 0.05) is 12.1 Å². The van der Waals surface area contributed by atoms with E-state index < -0.39 is 47.4 Å². The van der Waals surface area contributed by atoms with Gasteiger partial charge in [0.05, 0.1) is 5.41 Å². The average Bonchev–Trinajstić information content (AvgIpc) is 3.05. The molecule has 3 atom stereocenters. The first-order chi connectivity index (χ1) is 23.0. The average molecular weight is 685 g/mol. The summed E-state index contributed by atoms with van der Waals surface area (Å²) in [6.45, 7) is 2.08. The number of rotatable bonds is 14. The highest BCUT2D eigenvalue weighted by atomic mass is 19.4. The minimum atomic E-state index is -5.08. The summed E-state index contributed by atoms with van der Waals surface area (Å²) in [5.41, 5.74) is 23.5. The quantitative estimate of drug-likeness (QED) is 0.0706. The van der Waals surface area contributed by atoms with Gasteiger partial charge in [0.25, 0.3) is 0 Å². The number of aliphatic carboxylic acids is 1. The van der Waals surface area contributed by atoms with Crippen molar-refractivity contribution in [2.45, 2.75) is 49.9 Å². The van der Waals surface area contributed by atoms with Crippen LogP contribution >= 0.6 is 0 Å². The van der Waals surface area contributed by atoms with Gasteiger partial charge in [-0.15, -0.1) is 0 Å². The maximum absolute atomic E-state index is 14.2. The van der Waals surface area contributed by atoms with Gasteiger partial charge >= 0.3 is 12.1 Å². The standard InChI is InChI=1S/C31H38N8O3.C2HF3O2/c1-31(23-11-6-3-7-12-23,19-20-14-16-22(17-15-20)26(32)33)29(42)39-25(21-9-4-2-5-10-21)28(41)38-24(27(34)40)13-8-18-37-30(35)36;3-2(4,5)1(6)7/h2-7,9-12,14-17,24-25H,8,13,18-19H2,1H3,(H3,32,33)(H2,34,40)(H,38,41)(H,39,42)(H4,35,36,37);(H,6,7)/t24?,25-,31-;/m0./s1. The van der Waals surface area contributed by atoms with Crippen molar-refractivity contribution >= 4 is 35.5 Å². The van der Waals surface area contributed by atoms with E-state index in [0.717, 1.165) is 11.1 Å². The van der Waals surface area contributed by atoms with E-state index in [1.54, 1.807) is 42.5 Å². The molecular formula is C33H39F3N8O5. The van der Waals surface area contributed by atoms with Crippen molar-refractivity contribution in [3.8, 4) is 0 Å². The lowest BCUT2D eigenvalue weighted by molar-refractivity contribution is -0.192. The van der Waals surface area contributed by atoms with Crippen LogP contribution in [0.25, 0.3) is 0 Å². The van der Waals surface area contributed by atoms with Crippen molar-refractivity contribution in [3.63, 3.8) is 0 Å². The molecule has 3 rings (SSSR count). The fraction of sp³-hybridized carbons (Fsp3) is 0.273. The maximum atomic E-state index is 14.2. The monoisotopic (exact) mass is 684 g/mol. The molecule has 3 aromatic rings. The number of halogens is 3. The number of amides is 3. The molecule has 262 valence electrons. The van der Waals surface area contributed by atoms with Gasteiger partial charge in [-0.05, 0) is 42.9 Å². The number of hydrogen-bond acceptors (Lipinski definition) is 6. The molecule has 0 fully saturated rings. The van der Waals surface area contributed by atoms with Crippen LogP contribution in [0.15, 0.2) is 89.9 Å². The summed E-state index contributed by atoms with van der Waals surface area (Å²) in [6.07, 6.45) is -4.16. The van der Waals surface area contributed by atoms with Gasteiger partial charge in [-0.2, -0.15) is 13.2 Å². The second kappa shape index (κ2) is 17.8. The van der Waals surface area contributed by atoms with E-state index in [1.165, 1.54) is 0 Å². The van der Waals surface area contributed by atoms with Crippen molar-refractivity contribution in [1.82, 2.24) is 10.6 Å². The van der Waals surface area contributed by atoms with Gasteiger partial charge in [0.1, 0.15) is 17.9 Å². The molecule has 0 bridgehead atoms. The number of guanidine groups is 1. The van der Waals surface area contributed by atoms with Crippen LogP contribution in [0.2, 0.25) is 0 Å². The molecule has 0 aliphatic carbocycles. The predicted octanol–water partition coefficient (Wildman–Crippen LogP) is 1.99. The van der Waals surface area contributed by atoms with Crippen LogP contribution in [-0.2, 0) is 31.0 Å². The van der Waals surface area contributed by atoms with Crippen molar-refractivity contribution < 1.29 is 37.5 Å². The first kappa shape index (κ1) is 39.2. The lowest BCUT2D eigenvalue weighted by Crippen LogP contribution is -2.52. The van der Waals surface area contributed by atoms with E-state index >= 15 is 0 Å². The van der Waals surface area contributed by atoms with Crippen molar-refractivity contribution in [3.05, 3.63) is 107 Å². The molecule has 0 spiro atoms. The van der Waals surface area contributed by atoms with Gasteiger partial charge in [-0.3, -0.25) is 24.8 Å². The van der Waals surface area contributed by atoms with Crippen LogP contribution in [0, 0.1) is 5.41 Å². The first-order valence-electron chi connectivity index (χ1n) is 14.8. The molecule has 0 saturated carbocycles. The van der Waals surface area contributed by atoms with Gasteiger partial charge in [0.15, 0.2) is 5.96 Å². The third kappa shape index (κ3) is 12.3. The van der Waals surface area contributed by atoms with E-state index in [-0.39, 0.29) is 24.8 Å². The second-order valence-corrected chi connectivity index (χ2v) is 11.0. The fourth-order valence-electron chi connectivity index (χ4n) is 4.61. The summed E-state index contributed by atoms with van der Waals surface area (Å²) in [5, 5.41) is 20.4. The Morgan fingerprint density at radius 1 is 0.857 bits per heavy atom. The number of carboxylic acid groups (broad SMARTS) is 1. The Labute approximate surface area is 280 Å². The molecule has 0 aliphatic heterocycles. The molecule has 0 radical (unpaired) electrons. The summed E-state index contributed by atoms with van der Waals surface area (Å²) < 4.78 is 31.7. The summed E-state index contributed by atoms with van der Waals surface area (Å²) in [6, 6.07) is 23.1. The van der Waals surface area contributed by atoms with Gasteiger partial charge < -0.3 is 38.7 Å². The molecular weight excluding hydrogens is 645 g/mol. The van der Waals surface area contributed by atoms with Gasteiger partial charge in [-0.1, -0.05) is 84.9 Å². The normalized spacial score (nSPS) is 13.2. The Balaban J connectivity index is 0.00000107. The molecule has 13 nitrogen and oxygen atoms in total. The van der Waals surface area contributed by atoms with Gasteiger partial charge in [-0.25, -0.2) is 4.79 Å². The number of carboxylic acids is 1. The number of alkyl halides is 3. The largest absolute Gasteiger partial charge is 0.490 e. The third-order valence-electron chi connectivity index (χ3n) is 7.25. The number of nitrogens with one attached hydrogen (secondary N) is 3. The van der Waals surface area contributed by atoms with E-state index in [1.807, 2.05) is 49.4 Å². The fourth-order valence-corrected chi connectivity index (χ4v) is 4.61. The summed E-state index contributed by atoms with van der Waals surface area (Å²) >= 11 is 0. The minimum Gasteiger partial charge on any atom is -0.475 e. The van der Waals surface area contributed by atoms with Crippen molar-refractivity contribution in [2.75, 3.05) is 6.54 Å². The summed E-state index contributed by atoms with van der Waals surface area (Å²) in [4.78, 5) is 52.7. The van der Waals surface area contributed by atoms with Crippen molar-refractivity contribution in [1.29, 1.82) is 5.41 Å². The van der Waals surface area contributed by atoms with E-state index in [9.17, 15) is 27.6 Å². The van der Waals surface area contributed by atoms with Crippen LogP contribution in [-0.4, -0.2) is 59.4 Å². The molecule has 1 unspecified atom stereocenters. The molecule has 16 heteroatoms. The third-order valence-corrected chi connectivity index (χ3v) is 7.25. The number of primary amides is 1. The molecule has 0 saturated heterocycles. The van der Waals surface area contributed by atoms with Crippen LogP contribution in [0.5, 0.6) is 0 Å². The Morgan fingerprint density at radius 3 is 1.86 bits per heavy atom. The summed E-state index contributed by atoms with van der Waals surface area (Å²) in [7, 11) is 0. The first-order valence-corrected chi connectivity index (χ1v) is 14.8. The Hall–Kier alpha value is -5.93. The Bertz CT molecular complexity index is 1620. The van der Waals surface area contributed by atoms with E-state index in [2.05, 4.69) is 15.6 Å². The number of aliphatic imine (C=N–C) groups is 1. The second-order valence-electron chi connectivity index (χ2n) is 11.0. The maximum Gasteiger partial charge on any atom is 0.490 e. The smallest absolute Gasteiger partial charge is 0.475 e. The highest BCUT2D eigenvalue weighted by molar-refractivity contribution is 5.96. The molecule has 0 heterocycles. The topological polar surface area (TPSA) is 253 Å². The highest BCUT2D eigenvalue weighted by Crippen LogP contribution is 2.30. The highest BCUT2D eigenvalue weighted by Gasteiger charge is 2.39. The lowest BCUT2D eigenvalue weighted by atomic mass is 9.76. The number of hydrogen-bond donors (Lipinski definition) is 8. The molecule has 0 aromatic heterocycles. The number of nitrogens with two attached hydrogens (primary N) is 4. The van der Waals surface area contributed by atoms with Crippen LogP contribution in [0.1, 0.15) is 48.1 Å². The SMILES string of the molecule is C[C@@](Cc1ccc(C(=N)N)cc1)(C(=O)N[C@H](C(=O)NC(CCCN=C(N)N)C(N)=O)c1ccccc1)c1ccccc1.O=C(O)C(F)(F)F. The molecule has 3 aromatic carbocycles. The van der Waals surface area contributed by atoms with Crippen LogP contribution < -0.4 is 33.6 Å². The Morgan fingerprint density at radius 2 is 1.39 bits per heavy atom. The van der Waals surface area contributed by atoms with Crippen LogP contribution in [0.3, 0.4) is 0 Å². The number of nitrogen functional groups attached to an aromatic ring is 1. The van der Waals surface area contributed by atoms with Gasteiger partial charge in [0.2, 0.25) is 17.7 Å². The zero-order chi connectivity index (χ0) is 36.8. The molecule has 3 amide bonds. The van der Waals surface area contributed by atoms with E-state index in [0.29, 0.717) is 24.0 Å². The number of amidine groups is 1. The predicted molar refractivity (Wildman–Crippen MR) is 177 cm³/mol. The molecule has 49 heavy (non-hydrogen) atoms. The minimum absolute atomic E-state index is 0.0488. The molecule has 0 aliphatic rings. The van der Waals surface area contributed by atoms with Crippen LogP contribution in [0.4, 0.5) is 13.2 Å². The van der Waals surface area contributed by atoms with E-state index in [4.69, 9.17) is 38.2 Å². The Kier molecular flexibility index (Phi) is 14.3. The lowest BCUT2D eigenvalue weighted by Gasteiger charge is -2.32. The zero-order valence-electron chi connectivity index (χ0n) is 26.5. The molecule has 12 N–H and O–H groups in total. The number of nitrogens with zero attached hydrogens (tertiary/aromatic N) is 1. The number of carbonyl (C=O) groups excluding carboxylic acids is 3.